The van der Waals surface area contributed by atoms with Crippen LogP contribution in [0.15, 0.2) is 48.5 Å². The molecule has 25 heavy (non-hydrogen) atoms. The third-order valence-electron chi connectivity index (χ3n) is 4.28. The van der Waals surface area contributed by atoms with Crippen molar-refractivity contribution in [2.45, 2.75) is 19.4 Å². The number of halogens is 1. The van der Waals surface area contributed by atoms with E-state index in [0.29, 0.717) is 23.7 Å². The van der Waals surface area contributed by atoms with E-state index in [1.54, 1.807) is 29.2 Å². The number of benzene rings is 2. The van der Waals surface area contributed by atoms with Gasteiger partial charge in [-0.2, -0.15) is 0 Å². The van der Waals surface area contributed by atoms with Crippen LogP contribution >= 0.6 is 11.6 Å². The minimum atomic E-state index is -0.140. The van der Waals surface area contributed by atoms with E-state index >= 15 is 0 Å². The maximum absolute atomic E-state index is 12.5. The molecule has 1 heterocycles. The standard InChI is InChI=1S/C19H20ClN3O2/c1-2-17(13-3-7-15(20)8-4-13)22-18(24)14-5-9-16(10-6-14)23-12-11-21-19(23)25/h3-10,17H,2,11-12H2,1H3,(H,21,25)(H,22,24). The van der Waals surface area contributed by atoms with Gasteiger partial charge in [0.05, 0.1) is 6.04 Å². The minimum absolute atomic E-state index is 0.0752. The third-order valence-corrected chi connectivity index (χ3v) is 4.54. The molecule has 0 aliphatic carbocycles. The molecule has 0 radical (unpaired) electrons. The van der Waals surface area contributed by atoms with Crippen LogP contribution in [0.25, 0.3) is 0 Å². The van der Waals surface area contributed by atoms with Crippen LogP contribution in [0.3, 0.4) is 0 Å². The fourth-order valence-electron chi connectivity index (χ4n) is 2.87. The molecule has 1 unspecified atom stereocenters. The molecule has 3 rings (SSSR count). The van der Waals surface area contributed by atoms with Gasteiger partial charge in [-0.3, -0.25) is 9.69 Å². The maximum Gasteiger partial charge on any atom is 0.321 e. The van der Waals surface area contributed by atoms with Gasteiger partial charge in [0.2, 0.25) is 0 Å². The first-order chi connectivity index (χ1) is 12.1. The van der Waals surface area contributed by atoms with Gasteiger partial charge < -0.3 is 10.6 Å². The Morgan fingerprint density at radius 3 is 2.44 bits per heavy atom. The Kier molecular flexibility index (Phi) is 5.24. The Morgan fingerprint density at radius 1 is 1.20 bits per heavy atom. The molecular formula is C19H20ClN3O2. The lowest BCUT2D eigenvalue weighted by Crippen LogP contribution is -2.29. The van der Waals surface area contributed by atoms with Crippen molar-refractivity contribution in [1.82, 2.24) is 10.6 Å². The van der Waals surface area contributed by atoms with E-state index in [2.05, 4.69) is 10.6 Å². The topological polar surface area (TPSA) is 61.4 Å². The highest BCUT2D eigenvalue weighted by Gasteiger charge is 2.21. The molecule has 1 saturated heterocycles. The van der Waals surface area contributed by atoms with E-state index in [0.717, 1.165) is 17.7 Å². The SMILES string of the molecule is CCC(NC(=O)c1ccc(N2CCNC2=O)cc1)c1ccc(Cl)cc1. The van der Waals surface area contributed by atoms with E-state index in [4.69, 9.17) is 11.6 Å². The quantitative estimate of drug-likeness (QED) is 0.856. The Morgan fingerprint density at radius 2 is 1.88 bits per heavy atom. The molecule has 3 amide bonds. The van der Waals surface area contributed by atoms with Crippen LogP contribution in [-0.4, -0.2) is 25.0 Å². The molecule has 0 saturated carbocycles. The molecule has 1 atom stereocenters. The average molecular weight is 358 g/mol. The highest BCUT2D eigenvalue weighted by molar-refractivity contribution is 6.30. The van der Waals surface area contributed by atoms with E-state index in [9.17, 15) is 9.59 Å². The predicted molar refractivity (Wildman–Crippen MR) is 99.1 cm³/mol. The largest absolute Gasteiger partial charge is 0.345 e. The van der Waals surface area contributed by atoms with Crippen LogP contribution in [0.1, 0.15) is 35.3 Å². The van der Waals surface area contributed by atoms with Crippen molar-refractivity contribution >= 4 is 29.2 Å². The summed E-state index contributed by atoms with van der Waals surface area (Å²) in [5, 5.41) is 6.47. The summed E-state index contributed by atoms with van der Waals surface area (Å²) in [5.74, 6) is -0.140. The Bertz CT molecular complexity index is 759. The molecule has 130 valence electrons. The first-order valence-corrected chi connectivity index (χ1v) is 8.68. The van der Waals surface area contributed by atoms with Crippen molar-refractivity contribution < 1.29 is 9.59 Å². The fourth-order valence-corrected chi connectivity index (χ4v) is 2.99. The zero-order chi connectivity index (χ0) is 17.8. The van der Waals surface area contributed by atoms with Gasteiger partial charge in [-0.15, -0.1) is 0 Å². The lowest BCUT2D eigenvalue weighted by Gasteiger charge is -2.18. The van der Waals surface area contributed by atoms with Crippen molar-refractivity contribution in [2.24, 2.45) is 0 Å². The molecule has 2 N–H and O–H groups in total. The number of hydrogen-bond acceptors (Lipinski definition) is 2. The third kappa shape index (κ3) is 3.94. The lowest BCUT2D eigenvalue weighted by atomic mass is 10.0. The van der Waals surface area contributed by atoms with Gasteiger partial charge in [0.25, 0.3) is 5.91 Å². The molecule has 1 aliphatic rings. The summed E-state index contributed by atoms with van der Waals surface area (Å²) >= 11 is 5.92. The number of amides is 3. The molecule has 1 aliphatic heterocycles. The van der Waals surface area contributed by atoms with Crippen LogP contribution < -0.4 is 15.5 Å². The Balaban J connectivity index is 1.69. The van der Waals surface area contributed by atoms with Crippen LogP contribution in [0, 0.1) is 0 Å². The molecule has 5 nitrogen and oxygen atoms in total. The summed E-state index contributed by atoms with van der Waals surface area (Å²) in [7, 11) is 0. The zero-order valence-corrected chi connectivity index (χ0v) is 14.7. The number of anilines is 1. The van der Waals surface area contributed by atoms with Crippen molar-refractivity contribution in [1.29, 1.82) is 0 Å². The average Bonchev–Trinajstić information content (AvgIpc) is 3.06. The number of hydrogen-bond donors (Lipinski definition) is 2. The van der Waals surface area contributed by atoms with Gasteiger partial charge in [-0.05, 0) is 48.4 Å². The number of nitrogens with zero attached hydrogens (tertiary/aromatic N) is 1. The molecule has 0 spiro atoms. The highest BCUT2D eigenvalue weighted by Crippen LogP contribution is 2.21. The summed E-state index contributed by atoms with van der Waals surface area (Å²) in [6, 6.07) is 14.4. The van der Waals surface area contributed by atoms with Crippen molar-refractivity contribution in [3.63, 3.8) is 0 Å². The van der Waals surface area contributed by atoms with Crippen molar-refractivity contribution in [3.05, 3.63) is 64.7 Å². The van der Waals surface area contributed by atoms with E-state index in [-0.39, 0.29) is 18.0 Å². The molecule has 2 aromatic rings. The first-order valence-electron chi connectivity index (χ1n) is 8.30. The molecule has 0 aromatic heterocycles. The summed E-state index contributed by atoms with van der Waals surface area (Å²) in [4.78, 5) is 25.9. The van der Waals surface area contributed by atoms with Crippen LogP contribution in [-0.2, 0) is 0 Å². The zero-order valence-electron chi connectivity index (χ0n) is 14.0. The first kappa shape index (κ1) is 17.3. The van der Waals surface area contributed by atoms with Gasteiger partial charge in [0, 0.05) is 29.4 Å². The smallest absolute Gasteiger partial charge is 0.321 e. The second-order valence-corrected chi connectivity index (χ2v) is 6.35. The summed E-state index contributed by atoms with van der Waals surface area (Å²) in [5.41, 5.74) is 2.37. The number of urea groups is 1. The molecule has 0 bridgehead atoms. The number of nitrogens with one attached hydrogen (secondary N) is 2. The second-order valence-electron chi connectivity index (χ2n) is 5.92. The number of carbonyl (C=O) groups is 2. The molecule has 1 fully saturated rings. The summed E-state index contributed by atoms with van der Waals surface area (Å²) < 4.78 is 0. The maximum atomic E-state index is 12.5. The normalized spacial score (nSPS) is 15.0. The van der Waals surface area contributed by atoms with Crippen LogP contribution in [0.2, 0.25) is 5.02 Å². The van der Waals surface area contributed by atoms with E-state index in [1.165, 1.54) is 0 Å². The molecular weight excluding hydrogens is 338 g/mol. The van der Waals surface area contributed by atoms with Gasteiger partial charge in [0.1, 0.15) is 0 Å². The van der Waals surface area contributed by atoms with Crippen molar-refractivity contribution in [2.75, 3.05) is 18.0 Å². The Labute approximate surface area is 152 Å². The monoisotopic (exact) mass is 357 g/mol. The molecule has 6 heteroatoms. The van der Waals surface area contributed by atoms with E-state index in [1.807, 2.05) is 31.2 Å². The van der Waals surface area contributed by atoms with Gasteiger partial charge in [-0.25, -0.2) is 4.79 Å². The molecule has 2 aromatic carbocycles. The van der Waals surface area contributed by atoms with Gasteiger partial charge in [-0.1, -0.05) is 30.7 Å². The minimum Gasteiger partial charge on any atom is -0.345 e. The predicted octanol–water partition coefficient (Wildman–Crippen LogP) is 3.75. The number of carbonyl (C=O) groups excluding carboxylic acids is 2. The fraction of sp³-hybridized carbons (Fsp3) is 0.263. The summed E-state index contributed by atoms with van der Waals surface area (Å²) in [6.45, 7) is 3.30. The summed E-state index contributed by atoms with van der Waals surface area (Å²) in [6.07, 6.45) is 0.777. The number of rotatable bonds is 5. The lowest BCUT2D eigenvalue weighted by molar-refractivity contribution is 0.0935. The van der Waals surface area contributed by atoms with Gasteiger partial charge >= 0.3 is 6.03 Å². The van der Waals surface area contributed by atoms with Crippen molar-refractivity contribution in [3.8, 4) is 0 Å². The van der Waals surface area contributed by atoms with Crippen LogP contribution in [0.4, 0.5) is 10.5 Å². The highest BCUT2D eigenvalue weighted by atomic mass is 35.5. The second kappa shape index (κ2) is 7.57. The van der Waals surface area contributed by atoms with E-state index < -0.39 is 0 Å². The Hall–Kier alpha value is -2.53. The van der Waals surface area contributed by atoms with Gasteiger partial charge in [0.15, 0.2) is 0 Å². The van der Waals surface area contributed by atoms with Crippen LogP contribution in [0.5, 0.6) is 0 Å².